The molecule has 0 bridgehead atoms. The van der Waals surface area contributed by atoms with Crippen molar-refractivity contribution in [3.05, 3.63) is 0 Å². The number of ether oxygens (including phenoxy) is 1. The average Bonchev–Trinajstić information content (AvgIpc) is 1.99. The number of carbonyl (C=O) groups is 1. The van der Waals surface area contributed by atoms with Crippen molar-refractivity contribution in [1.82, 2.24) is 5.32 Å². The zero-order chi connectivity index (χ0) is 10.3. The summed E-state index contributed by atoms with van der Waals surface area (Å²) in [5.41, 5.74) is -0.235. The molecule has 0 aromatic carbocycles. The minimum atomic E-state index is -0.465. The molecular formula is C9H19NO3. The fourth-order valence-electron chi connectivity index (χ4n) is 1.14. The molecule has 0 fully saturated rings. The standard InChI is InChI=1S/C9H19NO3/c1-4-5-9(2,3)10-8(12)13-7-6-11/h11H,4-7H2,1-3H3,(H,10,12). The van der Waals surface area contributed by atoms with E-state index in [9.17, 15) is 4.79 Å². The van der Waals surface area contributed by atoms with Gasteiger partial charge in [-0.05, 0) is 20.3 Å². The van der Waals surface area contributed by atoms with Crippen LogP contribution in [0.5, 0.6) is 0 Å². The van der Waals surface area contributed by atoms with Crippen LogP contribution < -0.4 is 5.32 Å². The van der Waals surface area contributed by atoms with E-state index in [4.69, 9.17) is 5.11 Å². The molecule has 13 heavy (non-hydrogen) atoms. The van der Waals surface area contributed by atoms with Crippen LogP contribution in [0.2, 0.25) is 0 Å². The third-order valence-electron chi connectivity index (χ3n) is 1.64. The zero-order valence-corrected chi connectivity index (χ0v) is 8.59. The Morgan fingerprint density at radius 3 is 2.62 bits per heavy atom. The molecule has 0 heterocycles. The van der Waals surface area contributed by atoms with E-state index in [-0.39, 0.29) is 18.8 Å². The third-order valence-corrected chi connectivity index (χ3v) is 1.64. The van der Waals surface area contributed by atoms with E-state index in [1.54, 1.807) is 0 Å². The Bertz CT molecular complexity index is 157. The van der Waals surface area contributed by atoms with Gasteiger partial charge < -0.3 is 15.2 Å². The van der Waals surface area contributed by atoms with Gasteiger partial charge in [-0.1, -0.05) is 13.3 Å². The molecule has 0 aliphatic carbocycles. The molecule has 0 rings (SSSR count). The van der Waals surface area contributed by atoms with E-state index < -0.39 is 6.09 Å². The molecule has 0 spiro atoms. The van der Waals surface area contributed by atoms with Gasteiger partial charge in [-0.15, -0.1) is 0 Å². The third kappa shape index (κ3) is 6.40. The highest BCUT2D eigenvalue weighted by molar-refractivity contribution is 5.68. The predicted molar refractivity (Wildman–Crippen MR) is 50.6 cm³/mol. The highest BCUT2D eigenvalue weighted by atomic mass is 16.6. The summed E-state index contributed by atoms with van der Waals surface area (Å²) in [6, 6.07) is 0. The monoisotopic (exact) mass is 189 g/mol. The first-order chi connectivity index (χ1) is 6.02. The molecule has 0 radical (unpaired) electrons. The number of hydrogen-bond acceptors (Lipinski definition) is 3. The molecule has 0 unspecified atom stereocenters. The molecular weight excluding hydrogens is 170 g/mol. The second-order valence-corrected chi connectivity index (χ2v) is 3.62. The van der Waals surface area contributed by atoms with Crippen molar-refractivity contribution in [3.8, 4) is 0 Å². The summed E-state index contributed by atoms with van der Waals surface area (Å²) in [7, 11) is 0. The summed E-state index contributed by atoms with van der Waals surface area (Å²) >= 11 is 0. The van der Waals surface area contributed by atoms with Crippen molar-refractivity contribution in [1.29, 1.82) is 0 Å². The first kappa shape index (κ1) is 12.2. The Labute approximate surface area is 79.3 Å². The first-order valence-corrected chi connectivity index (χ1v) is 4.57. The van der Waals surface area contributed by atoms with Crippen molar-refractivity contribution in [2.24, 2.45) is 0 Å². The van der Waals surface area contributed by atoms with Crippen LogP contribution in [0.1, 0.15) is 33.6 Å². The van der Waals surface area contributed by atoms with Crippen molar-refractivity contribution < 1.29 is 14.6 Å². The summed E-state index contributed by atoms with van der Waals surface area (Å²) in [6.07, 6.45) is 1.45. The highest BCUT2D eigenvalue weighted by Gasteiger charge is 2.19. The van der Waals surface area contributed by atoms with Gasteiger partial charge in [-0.2, -0.15) is 0 Å². The maximum Gasteiger partial charge on any atom is 0.407 e. The lowest BCUT2D eigenvalue weighted by molar-refractivity contribution is 0.111. The molecule has 0 aromatic heterocycles. The Kier molecular flexibility index (Phi) is 5.46. The van der Waals surface area contributed by atoms with Gasteiger partial charge in [-0.3, -0.25) is 0 Å². The van der Waals surface area contributed by atoms with Gasteiger partial charge in [0.2, 0.25) is 0 Å². The van der Waals surface area contributed by atoms with Crippen LogP contribution in [0.25, 0.3) is 0 Å². The van der Waals surface area contributed by atoms with Crippen LogP contribution in [0.15, 0.2) is 0 Å². The van der Waals surface area contributed by atoms with Crippen molar-refractivity contribution in [2.75, 3.05) is 13.2 Å². The highest BCUT2D eigenvalue weighted by Crippen LogP contribution is 2.10. The van der Waals surface area contributed by atoms with Crippen LogP contribution in [0.3, 0.4) is 0 Å². The number of aliphatic hydroxyl groups is 1. The summed E-state index contributed by atoms with van der Waals surface area (Å²) in [5, 5.41) is 11.1. The summed E-state index contributed by atoms with van der Waals surface area (Å²) in [6.45, 7) is 5.85. The lowest BCUT2D eigenvalue weighted by Crippen LogP contribution is -2.43. The van der Waals surface area contributed by atoms with Crippen LogP contribution in [-0.2, 0) is 4.74 Å². The van der Waals surface area contributed by atoms with Crippen molar-refractivity contribution in [3.63, 3.8) is 0 Å². The van der Waals surface area contributed by atoms with Crippen molar-refractivity contribution >= 4 is 6.09 Å². The summed E-state index contributed by atoms with van der Waals surface area (Å²) in [5.74, 6) is 0. The largest absolute Gasteiger partial charge is 0.447 e. The first-order valence-electron chi connectivity index (χ1n) is 4.57. The predicted octanol–water partition coefficient (Wildman–Crippen LogP) is 1.28. The minimum Gasteiger partial charge on any atom is -0.447 e. The van der Waals surface area contributed by atoms with E-state index in [2.05, 4.69) is 17.0 Å². The molecule has 4 nitrogen and oxygen atoms in total. The van der Waals surface area contributed by atoms with Gasteiger partial charge in [0.15, 0.2) is 0 Å². The van der Waals surface area contributed by atoms with Gasteiger partial charge in [0.1, 0.15) is 6.61 Å². The smallest absolute Gasteiger partial charge is 0.407 e. The quantitative estimate of drug-likeness (QED) is 0.685. The van der Waals surface area contributed by atoms with E-state index in [1.807, 2.05) is 13.8 Å². The number of hydrogen-bond donors (Lipinski definition) is 2. The van der Waals surface area contributed by atoms with Gasteiger partial charge in [0.25, 0.3) is 0 Å². The molecule has 0 aromatic rings. The molecule has 0 aliphatic heterocycles. The number of alkyl carbamates (subject to hydrolysis) is 1. The molecule has 78 valence electrons. The van der Waals surface area contributed by atoms with Gasteiger partial charge in [0.05, 0.1) is 6.61 Å². The van der Waals surface area contributed by atoms with E-state index >= 15 is 0 Å². The topological polar surface area (TPSA) is 58.6 Å². The second-order valence-electron chi connectivity index (χ2n) is 3.62. The lowest BCUT2D eigenvalue weighted by Gasteiger charge is -2.24. The maximum absolute atomic E-state index is 11.0. The van der Waals surface area contributed by atoms with Gasteiger partial charge in [-0.25, -0.2) is 4.79 Å². The van der Waals surface area contributed by atoms with Gasteiger partial charge in [0, 0.05) is 5.54 Å². The molecule has 1 amide bonds. The fraction of sp³-hybridized carbons (Fsp3) is 0.889. The lowest BCUT2D eigenvalue weighted by atomic mass is 9.99. The van der Waals surface area contributed by atoms with Crippen LogP contribution >= 0.6 is 0 Å². The normalized spacial score (nSPS) is 11.1. The van der Waals surface area contributed by atoms with Crippen LogP contribution in [0.4, 0.5) is 4.79 Å². The Hall–Kier alpha value is -0.770. The minimum absolute atomic E-state index is 0.0496. The van der Waals surface area contributed by atoms with E-state index in [0.29, 0.717) is 0 Å². The molecule has 0 aliphatic rings. The Morgan fingerprint density at radius 1 is 1.54 bits per heavy atom. The Morgan fingerprint density at radius 2 is 2.15 bits per heavy atom. The zero-order valence-electron chi connectivity index (χ0n) is 8.59. The van der Waals surface area contributed by atoms with Crippen LogP contribution in [-0.4, -0.2) is 30.0 Å². The average molecular weight is 189 g/mol. The Balaban J connectivity index is 3.75. The van der Waals surface area contributed by atoms with Crippen LogP contribution in [0, 0.1) is 0 Å². The number of nitrogens with one attached hydrogen (secondary N) is 1. The molecule has 0 saturated heterocycles. The fourth-order valence-corrected chi connectivity index (χ4v) is 1.14. The second kappa shape index (κ2) is 5.80. The number of amides is 1. The SMILES string of the molecule is CCCC(C)(C)NC(=O)OCCO. The maximum atomic E-state index is 11.0. The van der Waals surface area contributed by atoms with E-state index in [0.717, 1.165) is 12.8 Å². The molecule has 2 N–H and O–H groups in total. The van der Waals surface area contributed by atoms with Gasteiger partial charge >= 0.3 is 6.09 Å². The number of carbonyl (C=O) groups excluding carboxylic acids is 1. The molecule has 0 saturated carbocycles. The number of aliphatic hydroxyl groups excluding tert-OH is 1. The molecule has 4 heteroatoms. The van der Waals surface area contributed by atoms with E-state index in [1.165, 1.54) is 0 Å². The summed E-state index contributed by atoms with van der Waals surface area (Å²) < 4.78 is 4.67. The number of rotatable bonds is 5. The summed E-state index contributed by atoms with van der Waals surface area (Å²) in [4.78, 5) is 11.0. The molecule has 0 atom stereocenters. The van der Waals surface area contributed by atoms with Crippen molar-refractivity contribution in [2.45, 2.75) is 39.2 Å².